The molecule has 1 rings (SSSR count). The van der Waals surface area contributed by atoms with Crippen LogP contribution in [-0.4, -0.2) is 17.6 Å². The molecule has 1 fully saturated rings. The largest absolute Gasteiger partial charge is 0.319 e. The average molecular weight is 204 g/mol. The molecule has 1 atom stereocenters. The summed E-state index contributed by atoms with van der Waals surface area (Å²) in [5.41, 5.74) is 0. The lowest BCUT2D eigenvalue weighted by molar-refractivity contribution is 0.240. The smallest absolute Gasteiger partial charge is 0.246 e. The zero-order valence-electron chi connectivity index (χ0n) is 6.94. The first-order valence-corrected chi connectivity index (χ1v) is 6.75. The second-order valence-electron chi connectivity index (χ2n) is 2.60. The third-order valence-corrected chi connectivity index (χ3v) is 4.49. The summed E-state index contributed by atoms with van der Waals surface area (Å²) in [6, 6.07) is 0. The molecule has 1 unspecified atom stereocenters. The molecule has 0 aromatic heterocycles. The van der Waals surface area contributed by atoms with Gasteiger partial charge in [0.05, 0.1) is 6.10 Å². The summed E-state index contributed by atoms with van der Waals surface area (Å²) in [6.45, 7) is 6.96. The fraction of sp³-hybridized carbons (Fsp3) is 0.500. The van der Waals surface area contributed by atoms with Crippen LogP contribution in [0, 0.1) is 0 Å². The van der Waals surface area contributed by atoms with Crippen molar-refractivity contribution >= 4 is 19.1 Å². The van der Waals surface area contributed by atoms with E-state index in [1.54, 1.807) is 0 Å². The van der Waals surface area contributed by atoms with Crippen LogP contribution in [0.4, 0.5) is 0 Å². The van der Waals surface area contributed by atoms with Crippen LogP contribution >= 0.6 is 19.1 Å². The first-order chi connectivity index (χ1) is 5.70. The highest BCUT2D eigenvalue weighted by atomic mass is 32.2. The van der Waals surface area contributed by atoms with Crippen molar-refractivity contribution in [2.24, 2.45) is 0 Å². The molecule has 0 aromatic carbocycles. The van der Waals surface area contributed by atoms with E-state index in [1.165, 1.54) is 11.6 Å². The van der Waals surface area contributed by atoms with Crippen LogP contribution in [0.2, 0.25) is 0 Å². The third-order valence-electron chi connectivity index (χ3n) is 1.71. The van der Waals surface area contributed by atoms with Gasteiger partial charge in [-0.1, -0.05) is 13.2 Å². The lowest BCUT2D eigenvalue weighted by Gasteiger charge is -2.14. The van der Waals surface area contributed by atoms with Crippen molar-refractivity contribution in [2.45, 2.75) is 12.5 Å². The van der Waals surface area contributed by atoms with Crippen molar-refractivity contribution in [2.75, 3.05) is 11.5 Å². The van der Waals surface area contributed by atoms with Gasteiger partial charge in [0.2, 0.25) is 7.37 Å². The molecule has 68 valence electrons. The Morgan fingerprint density at radius 2 is 2.17 bits per heavy atom. The van der Waals surface area contributed by atoms with Gasteiger partial charge in [-0.2, -0.15) is 11.8 Å². The van der Waals surface area contributed by atoms with Crippen molar-refractivity contribution in [1.29, 1.82) is 0 Å². The predicted octanol–water partition coefficient (Wildman–Crippen LogP) is 3.07. The van der Waals surface area contributed by atoms with Crippen molar-refractivity contribution < 1.29 is 9.09 Å². The maximum absolute atomic E-state index is 11.6. The van der Waals surface area contributed by atoms with Crippen molar-refractivity contribution in [3.05, 3.63) is 24.8 Å². The highest BCUT2D eigenvalue weighted by Gasteiger charge is 2.23. The molecule has 12 heavy (non-hydrogen) atoms. The monoisotopic (exact) mass is 204 g/mol. The van der Waals surface area contributed by atoms with E-state index in [0.717, 1.165) is 17.9 Å². The SMILES string of the molecule is C=CP(=O)(C=C)OC1CCSC1. The highest BCUT2D eigenvalue weighted by Crippen LogP contribution is 2.51. The number of thioether (sulfide) groups is 1. The quantitative estimate of drug-likeness (QED) is 0.658. The molecule has 1 saturated heterocycles. The molecule has 0 bridgehead atoms. The molecule has 0 radical (unpaired) electrons. The summed E-state index contributed by atoms with van der Waals surface area (Å²) in [5.74, 6) is 4.76. The fourth-order valence-electron chi connectivity index (χ4n) is 0.990. The molecule has 4 heteroatoms. The summed E-state index contributed by atoms with van der Waals surface area (Å²) in [5, 5.41) is 0. The van der Waals surface area contributed by atoms with Crippen LogP contribution in [0.1, 0.15) is 6.42 Å². The lowest BCUT2D eigenvalue weighted by atomic mass is 10.3. The molecule has 0 amide bonds. The molecular weight excluding hydrogens is 191 g/mol. The molecule has 0 N–H and O–H groups in total. The van der Waals surface area contributed by atoms with Crippen LogP contribution in [0.25, 0.3) is 0 Å². The Labute approximate surface area is 77.5 Å². The highest BCUT2D eigenvalue weighted by molar-refractivity contribution is 7.99. The average Bonchev–Trinajstić information content (AvgIpc) is 2.57. The summed E-state index contributed by atoms with van der Waals surface area (Å²) in [7, 11) is -2.72. The maximum Gasteiger partial charge on any atom is 0.246 e. The van der Waals surface area contributed by atoms with Gasteiger partial charge >= 0.3 is 0 Å². The molecule has 0 aliphatic carbocycles. The predicted molar refractivity (Wildman–Crippen MR) is 54.8 cm³/mol. The Bertz CT molecular complexity index is 209. The number of hydrogen-bond acceptors (Lipinski definition) is 3. The topological polar surface area (TPSA) is 26.3 Å². The molecule has 1 heterocycles. The van der Waals surface area contributed by atoms with Crippen LogP contribution < -0.4 is 0 Å². The third kappa shape index (κ3) is 2.51. The van der Waals surface area contributed by atoms with Crippen LogP contribution in [0.15, 0.2) is 24.8 Å². The van der Waals surface area contributed by atoms with Gasteiger partial charge in [0.25, 0.3) is 0 Å². The molecule has 1 aliphatic rings. The summed E-state index contributed by atoms with van der Waals surface area (Å²) in [4.78, 5) is 0. The van der Waals surface area contributed by atoms with Gasteiger partial charge in [0.15, 0.2) is 0 Å². The number of hydrogen-bond donors (Lipinski definition) is 0. The maximum atomic E-state index is 11.6. The van der Waals surface area contributed by atoms with E-state index in [1.807, 2.05) is 11.8 Å². The second kappa shape index (κ2) is 4.31. The van der Waals surface area contributed by atoms with E-state index >= 15 is 0 Å². The molecular formula is C8H13O2PS. The normalized spacial score (nSPS) is 23.8. The number of rotatable bonds is 4. The Kier molecular flexibility index (Phi) is 3.63. The fourth-order valence-corrected chi connectivity index (χ4v) is 3.15. The lowest BCUT2D eigenvalue weighted by Crippen LogP contribution is -2.07. The second-order valence-corrected chi connectivity index (χ2v) is 5.98. The van der Waals surface area contributed by atoms with E-state index in [9.17, 15) is 4.57 Å². The van der Waals surface area contributed by atoms with Gasteiger partial charge < -0.3 is 4.52 Å². The Morgan fingerprint density at radius 1 is 1.50 bits per heavy atom. The van der Waals surface area contributed by atoms with Crippen molar-refractivity contribution in [3.8, 4) is 0 Å². The standard InChI is InChI=1S/C8H13O2PS/c1-3-11(9,4-2)10-8-5-6-12-7-8/h3-4,8H,1-2,5-7H2. The van der Waals surface area contributed by atoms with Crippen molar-refractivity contribution in [3.63, 3.8) is 0 Å². The van der Waals surface area contributed by atoms with Crippen molar-refractivity contribution in [1.82, 2.24) is 0 Å². The molecule has 1 aliphatic heterocycles. The Morgan fingerprint density at radius 3 is 2.58 bits per heavy atom. The van der Waals surface area contributed by atoms with Gasteiger partial charge in [0.1, 0.15) is 0 Å². The van der Waals surface area contributed by atoms with E-state index in [2.05, 4.69) is 13.2 Å². The first-order valence-electron chi connectivity index (χ1n) is 3.83. The van der Waals surface area contributed by atoms with Gasteiger partial charge in [0, 0.05) is 5.75 Å². The first kappa shape index (κ1) is 10.1. The minimum absolute atomic E-state index is 0.122. The van der Waals surface area contributed by atoms with Gasteiger partial charge in [-0.05, 0) is 23.8 Å². The van der Waals surface area contributed by atoms with Crippen LogP contribution in [-0.2, 0) is 9.09 Å². The Balaban J connectivity index is 2.52. The molecule has 0 saturated carbocycles. The van der Waals surface area contributed by atoms with E-state index in [0.29, 0.717) is 0 Å². The summed E-state index contributed by atoms with van der Waals surface area (Å²) < 4.78 is 17.0. The van der Waals surface area contributed by atoms with Crippen LogP contribution in [0.3, 0.4) is 0 Å². The zero-order chi connectivity index (χ0) is 9.03. The summed E-state index contributed by atoms with van der Waals surface area (Å²) >= 11 is 1.83. The van der Waals surface area contributed by atoms with E-state index < -0.39 is 7.37 Å². The van der Waals surface area contributed by atoms with E-state index in [-0.39, 0.29) is 6.10 Å². The van der Waals surface area contributed by atoms with Gasteiger partial charge in [-0.3, -0.25) is 4.57 Å². The van der Waals surface area contributed by atoms with Crippen LogP contribution in [0.5, 0.6) is 0 Å². The minimum atomic E-state index is -2.72. The van der Waals surface area contributed by atoms with Gasteiger partial charge in [-0.15, -0.1) is 0 Å². The van der Waals surface area contributed by atoms with Gasteiger partial charge in [-0.25, -0.2) is 0 Å². The summed E-state index contributed by atoms with van der Waals surface area (Å²) in [6.07, 6.45) is 1.10. The zero-order valence-corrected chi connectivity index (χ0v) is 8.65. The van der Waals surface area contributed by atoms with E-state index in [4.69, 9.17) is 4.52 Å². The molecule has 0 spiro atoms. The molecule has 0 aromatic rings. The Hall–Kier alpha value is 0.0200. The minimum Gasteiger partial charge on any atom is -0.319 e. The molecule has 2 nitrogen and oxygen atoms in total.